The quantitative estimate of drug-likeness (QED) is 0.877. The van der Waals surface area contributed by atoms with Crippen molar-refractivity contribution in [3.63, 3.8) is 0 Å². The number of carbonyl (C=O) groups excluding carboxylic acids is 1. The molecule has 2 fully saturated rings. The van der Waals surface area contributed by atoms with Crippen LogP contribution in [-0.2, 0) is 14.3 Å². The molecule has 1 aromatic heterocycles. The Hall–Kier alpha value is -1.44. The van der Waals surface area contributed by atoms with Crippen molar-refractivity contribution in [1.82, 2.24) is 9.80 Å². The standard InChI is InChI=1S/C15H20N2O4S/c18-13-10-11(15(19)20)14(12-2-1-9-22-12)17(13)4-3-16-5-7-21-8-6-16/h1-2,9,11,14H,3-8,10H2,(H,19,20)/t11-,14-/m0/s1. The lowest BCUT2D eigenvalue weighted by atomic mass is 9.99. The van der Waals surface area contributed by atoms with Crippen LogP contribution in [0.15, 0.2) is 17.5 Å². The van der Waals surface area contributed by atoms with Crippen molar-refractivity contribution in [2.24, 2.45) is 5.92 Å². The number of rotatable bonds is 5. The van der Waals surface area contributed by atoms with E-state index in [-0.39, 0.29) is 18.4 Å². The maximum atomic E-state index is 12.3. The topological polar surface area (TPSA) is 70.1 Å². The van der Waals surface area contributed by atoms with Crippen molar-refractivity contribution in [1.29, 1.82) is 0 Å². The third-order valence-corrected chi connectivity index (χ3v) is 5.29. The maximum Gasteiger partial charge on any atom is 0.309 e. The Balaban J connectivity index is 1.72. The van der Waals surface area contributed by atoms with Crippen LogP contribution in [0.25, 0.3) is 0 Å². The Kier molecular flexibility index (Phi) is 4.75. The van der Waals surface area contributed by atoms with Crippen molar-refractivity contribution in [3.05, 3.63) is 22.4 Å². The molecular weight excluding hydrogens is 304 g/mol. The van der Waals surface area contributed by atoms with Gasteiger partial charge in [-0.2, -0.15) is 0 Å². The van der Waals surface area contributed by atoms with Gasteiger partial charge in [0.15, 0.2) is 0 Å². The first-order valence-corrected chi connectivity index (χ1v) is 8.40. The first-order chi connectivity index (χ1) is 10.7. The fraction of sp³-hybridized carbons (Fsp3) is 0.600. The molecule has 0 aromatic carbocycles. The minimum Gasteiger partial charge on any atom is -0.481 e. The third-order valence-electron chi connectivity index (χ3n) is 4.34. The monoisotopic (exact) mass is 324 g/mol. The molecule has 0 spiro atoms. The molecule has 0 aliphatic carbocycles. The highest BCUT2D eigenvalue weighted by atomic mass is 32.1. The largest absolute Gasteiger partial charge is 0.481 e. The SMILES string of the molecule is O=C(O)[C@H]1CC(=O)N(CCN2CCOCC2)[C@@H]1c1cccs1. The highest BCUT2D eigenvalue weighted by Crippen LogP contribution is 2.40. The Morgan fingerprint density at radius 1 is 1.36 bits per heavy atom. The lowest BCUT2D eigenvalue weighted by Gasteiger charge is -2.31. The van der Waals surface area contributed by atoms with Gasteiger partial charge in [-0.25, -0.2) is 0 Å². The zero-order valence-electron chi connectivity index (χ0n) is 12.3. The zero-order valence-corrected chi connectivity index (χ0v) is 13.1. The van der Waals surface area contributed by atoms with E-state index in [1.165, 1.54) is 11.3 Å². The van der Waals surface area contributed by atoms with Crippen molar-refractivity contribution >= 4 is 23.2 Å². The summed E-state index contributed by atoms with van der Waals surface area (Å²) in [4.78, 5) is 28.8. The van der Waals surface area contributed by atoms with Crippen LogP contribution in [0, 0.1) is 5.92 Å². The molecule has 7 heteroatoms. The first kappa shape index (κ1) is 15.5. The molecule has 1 aromatic rings. The highest BCUT2D eigenvalue weighted by molar-refractivity contribution is 7.10. The second kappa shape index (κ2) is 6.76. The number of aliphatic carboxylic acids is 1. The molecule has 2 saturated heterocycles. The number of thiophene rings is 1. The van der Waals surface area contributed by atoms with Crippen molar-refractivity contribution in [3.8, 4) is 0 Å². The number of ether oxygens (including phenoxy) is 1. The summed E-state index contributed by atoms with van der Waals surface area (Å²) in [5.74, 6) is -1.59. The average molecular weight is 324 g/mol. The van der Waals surface area contributed by atoms with Crippen LogP contribution < -0.4 is 0 Å². The summed E-state index contributed by atoms with van der Waals surface area (Å²) in [7, 11) is 0. The van der Waals surface area contributed by atoms with Gasteiger partial charge in [-0.1, -0.05) is 6.07 Å². The maximum absolute atomic E-state index is 12.3. The zero-order chi connectivity index (χ0) is 15.5. The summed E-state index contributed by atoms with van der Waals surface area (Å²) in [6, 6.07) is 3.50. The minimum absolute atomic E-state index is 0.0564. The van der Waals surface area contributed by atoms with Crippen molar-refractivity contribution in [2.75, 3.05) is 39.4 Å². The number of hydrogen-bond donors (Lipinski definition) is 1. The van der Waals surface area contributed by atoms with Crippen molar-refractivity contribution < 1.29 is 19.4 Å². The van der Waals surface area contributed by atoms with Gasteiger partial charge in [0.25, 0.3) is 0 Å². The molecule has 3 rings (SSSR count). The van der Waals surface area contributed by atoms with E-state index in [0.29, 0.717) is 6.54 Å². The lowest BCUT2D eigenvalue weighted by Crippen LogP contribution is -2.42. The second-order valence-electron chi connectivity index (χ2n) is 5.65. The summed E-state index contributed by atoms with van der Waals surface area (Å²) in [5, 5.41) is 11.4. The fourth-order valence-corrected chi connectivity index (χ4v) is 4.06. The number of nitrogens with zero attached hydrogens (tertiary/aromatic N) is 2. The number of carbonyl (C=O) groups is 2. The molecule has 1 N–H and O–H groups in total. The van der Waals surface area contributed by atoms with Gasteiger partial charge >= 0.3 is 5.97 Å². The van der Waals surface area contributed by atoms with Crippen LogP contribution in [0.4, 0.5) is 0 Å². The van der Waals surface area contributed by atoms with E-state index in [0.717, 1.165) is 37.7 Å². The molecule has 0 bridgehead atoms. The summed E-state index contributed by atoms with van der Waals surface area (Å²) < 4.78 is 5.32. The molecule has 22 heavy (non-hydrogen) atoms. The molecule has 2 aliphatic rings. The Morgan fingerprint density at radius 2 is 2.14 bits per heavy atom. The molecule has 6 nitrogen and oxygen atoms in total. The minimum atomic E-state index is -0.888. The van der Waals surface area contributed by atoms with Crippen LogP contribution >= 0.6 is 11.3 Å². The highest BCUT2D eigenvalue weighted by Gasteiger charge is 2.44. The molecule has 0 saturated carbocycles. The molecule has 0 unspecified atom stereocenters. The normalized spacial score (nSPS) is 26.5. The van der Waals surface area contributed by atoms with Gasteiger partial charge in [0.2, 0.25) is 5.91 Å². The summed E-state index contributed by atoms with van der Waals surface area (Å²) in [6.45, 7) is 4.52. The lowest BCUT2D eigenvalue weighted by molar-refractivity contribution is -0.142. The number of morpholine rings is 1. The fourth-order valence-electron chi connectivity index (χ4n) is 3.16. The van der Waals surface area contributed by atoms with E-state index >= 15 is 0 Å². The second-order valence-corrected chi connectivity index (χ2v) is 6.63. The predicted molar refractivity (Wildman–Crippen MR) is 81.8 cm³/mol. The molecule has 2 atom stereocenters. The van der Waals surface area contributed by atoms with Gasteiger partial charge in [0.05, 0.1) is 25.2 Å². The summed E-state index contributed by atoms with van der Waals surface area (Å²) in [5.41, 5.74) is 0. The summed E-state index contributed by atoms with van der Waals surface area (Å²) >= 11 is 1.52. The number of likely N-dealkylation sites (tertiary alicyclic amines) is 1. The van der Waals surface area contributed by atoms with E-state index in [2.05, 4.69) is 4.90 Å². The Morgan fingerprint density at radius 3 is 2.77 bits per heavy atom. The molecule has 1 amide bonds. The van der Waals surface area contributed by atoms with E-state index in [4.69, 9.17) is 4.74 Å². The van der Waals surface area contributed by atoms with E-state index in [9.17, 15) is 14.7 Å². The van der Waals surface area contributed by atoms with Crippen LogP contribution in [0.2, 0.25) is 0 Å². The average Bonchev–Trinajstić information content (AvgIpc) is 3.13. The van der Waals surface area contributed by atoms with Crippen LogP contribution in [0.3, 0.4) is 0 Å². The van der Waals surface area contributed by atoms with Gasteiger partial charge in [-0.05, 0) is 11.4 Å². The van der Waals surface area contributed by atoms with Crippen LogP contribution in [-0.4, -0.2) is 66.2 Å². The predicted octanol–water partition coefficient (Wildman–Crippen LogP) is 1.05. The molecule has 0 radical (unpaired) electrons. The van der Waals surface area contributed by atoms with Crippen molar-refractivity contribution in [2.45, 2.75) is 12.5 Å². The number of carboxylic acids is 1. The van der Waals surface area contributed by atoms with Gasteiger partial charge in [0, 0.05) is 37.5 Å². The molecular formula is C15H20N2O4S. The van der Waals surface area contributed by atoms with E-state index < -0.39 is 11.9 Å². The Labute approximate surface area is 133 Å². The third kappa shape index (κ3) is 3.16. The van der Waals surface area contributed by atoms with Gasteiger partial charge in [-0.15, -0.1) is 11.3 Å². The van der Waals surface area contributed by atoms with Gasteiger partial charge in [-0.3, -0.25) is 14.5 Å². The molecule has 3 heterocycles. The molecule has 2 aliphatic heterocycles. The summed E-state index contributed by atoms with van der Waals surface area (Å²) in [6.07, 6.45) is 0.0982. The van der Waals surface area contributed by atoms with Gasteiger partial charge in [0.1, 0.15) is 0 Å². The van der Waals surface area contributed by atoms with Gasteiger partial charge < -0.3 is 14.7 Å². The molecule has 120 valence electrons. The smallest absolute Gasteiger partial charge is 0.309 e. The van der Waals surface area contributed by atoms with E-state index in [1.54, 1.807) is 4.90 Å². The van der Waals surface area contributed by atoms with E-state index in [1.807, 2.05) is 17.5 Å². The Bertz CT molecular complexity index is 528. The van der Waals surface area contributed by atoms with Crippen LogP contribution in [0.1, 0.15) is 17.3 Å². The van der Waals surface area contributed by atoms with Crippen LogP contribution in [0.5, 0.6) is 0 Å². The number of amides is 1. The number of carboxylic acid groups (broad SMARTS) is 1. The first-order valence-electron chi connectivity index (χ1n) is 7.52. The number of hydrogen-bond acceptors (Lipinski definition) is 5.